The van der Waals surface area contributed by atoms with Gasteiger partial charge in [0.15, 0.2) is 0 Å². The zero-order valence-corrected chi connectivity index (χ0v) is 18.9. The molecular formula is C24H22ClF3N4O2. The van der Waals surface area contributed by atoms with Crippen molar-refractivity contribution >= 4 is 28.9 Å². The second-order valence-corrected chi connectivity index (χ2v) is 8.46. The van der Waals surface area contributed by atoms with Gasteiger partial charge in [-0.25, -0.2) is 4.68 Å². The molecule has 0 unspecified atom stereocenters. The first-order valence-electron chi connectivity index (χ1n) is 10.8. The summed E-state index contributed by atoms with van der Waals surface area (Å²) in [5.74, 6) is -0.728. The van der Waals surface area contributed by atoms with Crippen molar-refractivity contribution in [1.82, 2.24) is 9.78 Å². The number of nitrogens with zero attached hydrogens (tertiary/aromatic N) is 3. The number of benzene rings is 2. The Morgan fingerprint density at radius 2 is 1.71 bits per heavy atom. The lowest BCUT2D eigenvalue weighted by Gasteiger charge is -2.28. The summed E-state index contributed by atoms with van der Waals surface area (Å²) in [5, 5.41) is 6.54. The topological polar surface area (TPSA) is 67.2 Å². The molecule has 1 fully saturated rings. The number of hydrogen-bond acceptors (Lipinski definition) is 4. The molecule has 0 saturated carbocycles. The van der Waals surface area contributed by atoms with Gasteiger partial charge in [0.2, 0.25) is 5.91 Å². The first kappa shape index (κ1) is 23.8. The van der Waals surface area contributed by atoms with Crippen LogP contribution >= 0.6 is 11.6 Å². The maximum atomic E-state index is 13.0. The fourth-order valence-corrected chi connectivity index (χ4v) is 4.00. The SMILES string of the molecule is O=C(Cn1nc(-c2ccc(N3CCCCC3)cc2)ccc1=O)Nc1cc(C(F)(F)F)ccc1Cl. The molecule has 1 amide bonds. The van der Waals surface area contributed by atoms with Crippen molar-refractivity contribution in [3.05, 3.63) is 75.5 Å². The molecule has 2 heterocycles. The van der Waals surface area contributed by atoms with E-state index in [9.17, 15) is 22.8 Å². The Balaban J connectivity index is 1.49. The van der Waals surface area contributed by atoms with Crippen LogP contribution in [-0.4, -0.2) is 28.8 Å². The van der Waals surface area contributed by atoms with Gasteiger partial charge in [-0.3, -0.25) is 9.59 Å². The minimum absolute atomic E-state index is 0.0517. The minimum Gasteiger partial charge on any atom is -0.372 e. The van der Waals surface area contributed by atoms with Crippen molar-refractivity contribution in [2.75, 3.05) is 23.3 Å². The van der Waals surface area contributed by atoms with Crippen LogP contribution in [-0.2, 0) is 17.5 Å². The van der Waals surface area contributed by atoms with E-state index in [0.29, 0.717) is 5.69 Å². The van der Waals surface area contributed by atoms with E-state index in [1.54, 1.807) is 6.07 Å². The highest BCUT2D eigenvalue weighted by molar-refractivity contribution is 6.33. The average molecular weight is 491 g/mol. The standard InChI is InChI=1S/C24H22ClF3N4O2/c25-19-9-6-17(24(26,27)28)14-21(19)29-22(33)15-32-23(34)11-10-20(30-32)16-4-7-18(8-5-16)31-12-2-1-3-13-31/h4-11,14H,1-3,12-13,15H2,(H,29,33). The maximum absolute atomic E-state index is 13.0. The Labute approximate surface area is 199 Å². The normalized spacial score (nSPS) is 14.2. The van der Waals surface area contributed by atoms with Gasteiger partial charge in [-0.15, -0.1) is 0 Å². The predicted octanol–water partition coefficient (Wildman–Crippen LogP) is 5.21. The second-order valence-electron chi connectivity index (χ2n) is 8.05. The van der Waals surface area contributed by atoms with Gasteiger partial charge in [-0.1, -0.05) is 23.7 Å². The Kier molecular flexibility index (Phi) is 6.92. The molecule has 1 N–H and O–H groups in total. The lowest BCUT2D eigenvalue weighted by molar-refractivity contribution is -0.137. The molecule has 0 radical (unpaired) electrons. The van der Waals surface area contributed by atoms with Crippen LogP contribution in [0.3, 0.4) is 0 Å². The van der Waals surface area contributed by atoms with E-state index in [1.165, 1.54) is 25.3 Å². The van der Waals surface area contributed by atoms with Gasteiger partial charge in [0.25, 0.3) is 5.56 Å². The summed E-state index contributed by atoms with van der Waals surface area (Å²) in [4.78, 5) is 27.0. The quantitative estimate of drug-likeness (QED) is 0.533. The van der Waals surface area contributed by atoms with Gasteiger partial charge in [0, 0.05) is 30.4 Å². The van der Waals surface area contributed by atoms with E-state index < -0.39 is 29.8 Å². The first-order chi connectivity index (χ1) is 16.2. The van der Waals surface area contributed by atoms with Crippen LogP contribution in [0, 0.1) is 0 Å². The molecule has 10 heteroatoms. The van der Waals surface area contributed by atoms with Crippen molar-refractivity contribution in [3.8, 4) is 11.3 Å². The van der Waals surface area contributed by atoms with Crippen LogP contribution in [0.2, 0.25) is 5.02 Å². The average Bonchev–Trinajstić information content (AvgIpc) is 2.82. The monoisotopic (exact) mass is 490 g/mol. The largest absolute Gasteiger partial charge is 0.416 e. The third-order valence-electron chi connectivity index (χ3n) is 5.61. The molecule has 34 heavy (non-hydrogen) atoms. The summed E-state index contributed by atoms with van der Waals surface area (Å²) in [6.45, 7) is 1.56. The van der Waals surface area contributed by atoms with E-state index in [4.69, 9.17) is 11.6 Å². The van der Waals surface area contributed by atoms with Gasteiger partial charge >= 0.3 is 6.18 Å². The van der Waals surface area contributed by atoms with E-state index in [1.807, 2.05) is 24.3 Å². The van der Waals surface area contributed by atoms with Crippen molar-refractivity contribution in [1.29, 1.82) is 0 Å². The molecule has 3 aromatic rings. The van der Waals surface area contributed by atoms with Gasteiger partial charge in [0.1, 0.15) is 6.54 Å². The summed E-state index contributed by atoms with van der Waals surface area (Å²) < 4.78 is 39.8. The van der Waals surface area contributed by atoms with Crippen LogP contribution in [0.4, 0.5) is 24.5 Å². The Bertz CT molecular complexity index is 1240. The van der Waals surface area contributed by atoms with Crippen LogP contribution < -0.4 is 15.8 Å². The van der Waals surface area contributed by atoms with E-state index in [-0.39, 0.29) is 10.7 Å². The minimum atomic E-state index is -4.58. The molecular weight excluding hydrogens is 469 g/mol. The fraction of sp³-hybridized carbons (Fsp3) is 0.292. The Morgan fingerprint density at radius 1 is 1.00 bits per heavy atom. The number of hydrogen-bond donors (Lipinski definition) is 1. The number of anilines is 2. The Morgan fingerprint density at radius 3 is 2.38 bits per heavy atom. The molecule has 0 atom stereocenters. The number of halogens is 4. The van der Waals surface area contributed by atoms with Crippen LogP contribution in [0.25, 0.3) is 11.3 Å². The molecule has 0 aliphatic carbocycles. The van der Waals surface area contributed by atoms with Crippen molar-refractivity contribution < 1.29 is 18.0 Å². The zero-order valence-electron chi connectivity index (χ0n) is 18.1. The van der Waals surface area contributed by atoms with E-state index in [2.05, 4.69) is 15.3 Å². The van der Waals surface area contributed by atoms with E-state index >= 15 is 0 Å². The summed E-state index contributed by atoms with van der Waals surface area (Å²) in [6.07, 6.45) is -1.00. The highest BCUT2D eigenvalue weighted by Crippen LogP contribution is 2.33. The maximum Gasteiger partial charge on any atom is 0.416 e. The number of aromatic nitrogens is 2. The molecule has 1 saturated heterocycles. The number of alkyl halides is 3. The number of carbonyl (C=O) groups excluding carboxylic acids is 1. The van der Waals surface area contributed by atoms with Crippen molar-refractivity contribution in [2.24, 2.45) is 0 Å². The fourth-order valence-electron chi connectivity index (χ4n) is 3.83. The van der Waals surface area contributed by atoms with Gasteiger partial charge in [-0.2, -0.15) is 18.3 Å². The summed E-state index contributed by atoms with van der Waals surface area (Å²) in [5.41, 5.74) is 0.732. The van der Waals surface area contributed by atoms with Crippen LogP contribution in [0.1, 0.15) is 24.8 Å². The highest BCUT2D eigenvalue weighted by atomic mass is 35.5. The third kappa shape index (κ3) is 5.59. The summed E-state index contributed by atoms with van der Waals surface area (Å²) >= 11 is 5.93. The number of piperidine rings is 1. The van der Waals surface area contributed by atoms with Crippen LogP contribution in [0.5, 0.6) is 0 Å². The van der Waals surface area contributed by atoms with Crippen molar-refractivity contribution in [2.45, 2.75) is 32.0 Å². The summed E-state index contributed by atoms with van der Waals surface area (Å²) in [7, 11) is 0. The highest BCUT2D eigenvalue weighted by Gasteiger charge is 2.31. The number of nitrogens with one attached hydrogen (secondary N) is 1. The van der Waals surface area contributed by atoms with Crippen molar-refractivity contribution in [3.63, 3.8) is 0 Å². The van der Waals surface area contributed by atoms with Gasteiger partial charge in [-0.05, 0) is 55.7 Å². The molecule has 1 aromatic heterocycles. The lowest BCUT2D eigenvalue weighted by atomic mass is 10.1. The molecule has 178 valence electrons. The number of carbonyl (C=O) groups is 1. The van der Waals surface area contributed by atoms with Crippen LogP contribution in [0.15, 0.2) is 59.4 Å². The molecule has 4 rings (SSSR count). The molecule has 6 nitrogen and oxygen atoms in total. The lowest BCUT2D eigenvalue weighted by Crippen LogP contribution is -2.29. The number of rotatable bonds is 5. The third-order valence-corrected chi connectivity index (χ3v) is 5.94. The second kappa shape index (κ2) is 9.89. The molecule has 0 bridgehead atoms. The van der Waals surface area contributed by atoms with E-state index in [0.717, 1.165) is 47.2 Å². The molecule has 2 aromatic carbocycles. The van der Waals surface area contributed by atoms with Gasteiger partial charge < -0.3 is 10.2 Å². The first-order valence-corrected chi connectivity index (χ1v) is 11.2. The molecule has 1 aliphatic rings. The van der Waals surface area contributed by atoms with Gasteiger partial charge in [0.05, 0.1) is 22.0 Å². The Hall–Kier alpha value is -3.33. The number of amides is 1. The molecule has 1 aliphatic heterocycles. The smallest absolute Gasteiger partial charge is 0.372 e. The molecule has 0 spiro atoms. The predicted molar refractivity (Wildman–Crippen MR) is 125 cm³/mol. The zero-order chi connectivity index (χ0) is 24.3. The summed E-state index contributed by atoms with van der Waals surface area (Å²) in [6, 6.07) is 13.3.